The molecule has 0 radical (unpaired) electrons. The van der Waals surface area contributed by atoms with Crippen molar-refractivity contribution in [1.82, 2.24) is 5.01 Å². The van der Waals surface area contributed by atoms with Crippen LogP contribution in [0.4, 0.5) is 0 Å². The van der Waals surface area contributed by atoms with Gasteiger partial charge in [0.1, 0.15) is 6.61 Å². The molecule has 182 valence electrons. The molecule has 4 atom stereocenters. The van der Waals surface area contributed by atoms with E-state index in [9.17, 15) is 9.59 Å². The number of carbonyl (C=O) groups is 2. The van der Waals surface area contributed by atoms with Gasteiger partial charge in [-0.1, -0.05) is 54.6 Å². The van der Waals surface area contributed by atoms with Crippen LogP contribution in [0, 0.1) is 23.7 Å². The van der Waals surface area contributed by atoms with Crippen molar-refractivity contribution in [2.45, 2.75) is 20.0 Å². The Morgan fingerprint density at radius 3 is 2.47 bits per heavy atom. The highest BCUT2D eigenvalue weighted by molar-refractivity contribution is 9.10. The number of allylic oxidation sites excluding steroid dienone is 2. The van der Waals surface area contributed by atoms with E-state index in [4.69, 9.17) is 9.47 Å². The third kappa shape index (κ3) is 3.82. The molecule has 7 heteroatoms. The fourth-order valence-electron chi connectivity index (χ4n) is 5.76. The molecule has 1 heterocycles. The predicted octanol–water partition coefficient (Wildman–Crippen LogP) is 5.72. The SMILES string of the molecule is CCOc1cc(C=NN2C(=O)[C@@H]3[C@H](C2=O)[C@H]2C=C[C@H]3C2)cc(Br)c1OCc1cccc2ccccc12. The fourth-order valence-corrected chi connectivity index (χ4v) is 6.33. The van der Waals surface area contributed by atoms with Gasteiger partial charge < -0.3 is 9.47 Å². The summed E-state index contributed by atoms with van der Waals surface area (Å²) in [6.07, 6.45) is 6.59. The van der Waals surface area contributed by atoms with Gasteiger partial charge in [-0.25, -0.2) is 0 Å². The number of benzene rings is 3. The minimum absolute atomic E-state index is 0.161. The number of carbonyl (C=O) groups excluding carboxylic acids is 2. The second kappa shape index (κ2) is 9.21. The Balaban J connectivity index is 1.23. The molecule has 0 N–H and O–H groups in total. The molecule has 6 nitrogen and oxygen atoms in total. The van der Waals surface area contributed by atoms with Gasteiger partial charge in [-0.15, -0.1) is 0 Å². The Morgan fingerprint density at radius 1 is 1.00 bits per heavy atom. The van der Waals surface area contributed by atoms with Crippen molar-refractivity contribution in [2.75, 3.05) is 6.61 Å². The number of rotatable bonds is 7. The number of halogens is 1. The topological polar surface area (TPSA) is 68.2 Å². The molecule has 0 spiro atoms. The lowest BCUT2D eigenvalue weighted by atomic mass is 9.85. The summed E-state index contributed by atoms with van der Waals surface area (Å²) in [5.41, 5.74) is 1.77. The van der Waals surface area contributed by atoms with Crippen molar-refractivity contribution in [1.29, 1.82) is 0 Å². The fraction of sp³-hybridized carbons (Fsp3) is 0.276. The molecule has 2 bridgehead atoms. The van der Waals surface area contributed by atoms with Crippen molar-refractivity contribution in [3.05, 3.63) is 82.3 Å². The summed E-state index contributed by atoms with van der Waals surface area (Å²) in [5, 5.41) is 7.66. The summed E-state index contributed by atoms with van der Waals surface area (Å²) in [4.78, 5) is 25.8. The largest absolute Gasteiger partial charge is 0.490 e. The zero-order chi connectivity index (χ0) is 24.8. The summed E-state index contributed by atoms with van der Waals surface area (Å²) >= 11 is 3.61. The lowest BCUT2D eigenvalue weighted by Crippen LogP contribution is -2.28. The Hall–Kier alpha value is -3.45. The summed E-state index contributed by atoms with van der Waals surface area (Å²) in [6, 6.07) is 18.0. The molecule has 2 amide bonds. The first-order valence-electron chi connectivity index (χ1n) is 12.2. The Bertz CT molecular complexity index is 1400. The maximum absolute atomic E-state index is 12.9. The van der Waals surface area contributed by atoms with Crippen LogP contribution in [0.3, 0.4) is 0 Å². The number of ether oxygens (including phenoxy) is 2. The molecule has 3 aliphatic rings. The molecule has 1 saturated carbocycles. The van der Waals surface area contributed by atoms with E-state index in [1.54, 1.807) is 0 Å². The van der Waals surface area contributed by atoms with Crippen molar-refractivity contribution in [3.8, 4) is 11.5 Å². The smallest absolute Gasteiger partial charge is 0.254 e. The van der Waals surface area contributed by atoms with Gasteiger partial charge in [0.25, 0.3) is 11.8 Å². The Morgan fingerprint density at radius 2 is 1.72 bits per heavy atom. The Labute approximate surface area is 217 Å². The van der Waals surface area contributed by atoms with Crippen LogP contribution in [0.25, 0.3) is 10.8 Å². The lowest BCUT2D eigenvalue weighted by molar-refractivity contribution is -0.140. The number of hydrazone groups is 1. The molecule has 2 aliphatic carbocycles. The molecule has 6 rings (SSSR count). The molecule has 2 fully saturated rings. The summed E-state index contributed by atoms with van der Waals surface area (Å²) in [7, 11) is 0. The molecule has 1 aliphatic heterocycles. The van der Waals surface area contributed by atoms with Gasteiger partial charge in [0.15, 0.2) is 11.5 Å². The standard InChI is InChI=1S/C29H25BrN2O4/c1-2-35-24-13-17(15-31-32-28(33)25-19-10-11-20(14-19)26(25)29(32)34)12-23(30)27(24)36-16-21-8-5-7-18-6-3-4-9-22(18)21/h3-13,15,19-20,25-26H,2,14,16H2,1H3/t19-,20-,25-,26+/m0/s1. The normalized spacial score (nSPS) is 24.3. The van der Waals surface area contributed by atoms with Crippen LogP contribution in [0.1, 0.15) is 24.5 Å². The van der Waals surface area contributed by atoms with Crippen LogP contribution in [0.5, 0.6) is 11.5 Å². The second-order valence-electron chi connectivity index (χ2n) is 9.42. The van der Waals surface area contributed by atoms with Gasteiger partial charge >= 0.3 is 0 Å². The van der Waals surface area contributed by atoms with Crippen LogP contribution in [-0.4, -0.2) is 29.6 Å². The molecule has 0 aromatic heterocycles. The maximum atomic E-state index is 12.9. The number of fused-ring (bicyclic) bond motifs is 6. The average Bonchev–Trinajstić information content (AvgIpc) is 3.56. The number of amides is 2. The van der Waals surface area contributed by atoms with Gasteiger partial charge in [0.05, 0.1) is 29.1 Å². The minimum atomic E-state index is -0.264. The van der Waals surface area contributed by atoms with Crippen molar-refractivity contribution >= 4 is 44.7 Å². The van der Waals surface area contributed by atoms with E-state index >= 15 is 0 Å². The van der Waals surface area contributed by atoms with E-state index < -0.39 is 0 Å². The lowest BCUT2D eigenvalue weighted by Gasteiger charge is -2.16. The summed E-state index contributed by atoms with van der Waals surface area (Å²) in [5.74, 6) is 0.552. The Kier molecular flexibility index (Phi) is 5.88. The van der Waals surface area contributed by atoms with Crippen LogP contribution < -0.4 is 9.47 Å². The monoisotopic (exact) mass is 544 g/mol. The van der Waals surface area contributed by atoms with E-state index in [-0.39, 0.29) is 35.5 Å². The van der Waals surface area contributed by atoms with Gasteiger partial charge in [0, 0.05) is 0 Å². The highest BCUT2D eigenvalue weighted by Gasteiger charge is 2.59. The maximum Gasteiger partial charge on any atom is 0.254 e. The number of imide groups is 1. The van der Waals surface area contributed by atoms with Crippen LogP contribution in [-0.2, 0) is 16.2 Å². The quantitative estimate of drug-likeness (QED) is 0.216. The third-order valence-corrected chi connectivity index (χ3v) is 7.94. The summed E-state index contributed by atoms with van der Waals surface area (Å²) in [6.45, 7) is 2.75. The zero-order valence-corrected chi connectivity index (χ0v) is 21.4. The number of nitrogens with zero attached hydrogens (tertiary/aromatic N) is 2. The molecule has 3 aromatic rings. The second-order valence-corrected chi connectivity index (χ2v) is 10.3. The molecule has 0 unspecified atom stereocenters. The first-order valence-corrected chi connectivity index (χ1v) is 13.0. The van der Waals surface area contributed by atoms with E-state index in [1.165, 1.54) is 6.21 Å². The van der Waals surface area contributed by atoms with Gasteiger partial charge in [0.2, 0.25) is 0 Å². The molecule has 3 aromatic carbocycles. The predicted molar refractivity (Wildman–Crippen MR) is 141 cm³/mol. The minimum Gasteiger partial charge on any atom is -0.490 e. The van der Waals surface area contributed by atoms with Crippen molar-refractivity contribution < 1.29 is 19.1 Å². The van der Waals surface area contributed by atoms with Gasteiger partial charge in [-0.3, -0.25) is 9.59 Å². The van der Waals surface area contributed by atoms with E-state index in [1.807, 2.05) is 37.3 Å². The highest BCUT2D eigenvalue weighted by atomic mass is 79.9. The van der Waals surface area contributed by atoms with Crippen molar-refractivity contribution in [3.63, 3.8) is 0 Å². The third-order valence-electron chi connectivity index (χ3n) is 7.35. The first-order chi connectivity index (χ1) is 17.5. The van der Waals surface area contributed by atoms with Gasteiger partial charge in [-0.05, 0) is 75.1 Å². The van der Waals surface area contributed by atoms with Gasteiger partial charge in [-0.2, -0.15) is 10.1 Å². The van der Waals surface area contributed by atoms with E-state index in [0.717, 1.165) is 27.8 Å². The van der Waals surface area contributed by atoms with Crippen molar-refractivity contribution in [2.24, 2.45) is 28.8 Å². The summed E-state index contributed by atoms with van der Waals surface area (Å²) < 4.78 is 12.8. The number of hydrogen-bond acceptors (Lipinski definition) is 5. The molecular formula is C29H25BrN2O4. The van der Waals surface area contributed by atoms with Crippen LogP contribution in [0.2, 0.25) is 0 Å². The molecular weight excluding hydrogens is 520 g/mol. The van der Waals surface area contributed by atoms with E-state index in [0.29, 0.717) is 34.7 Å². The zero-order valence-electron chi connectivity index (χ0n) is 19.8. The highest BCUT2D eigenvalue weighted by Crippen LogP contribution is 2.52. The van der Waals surface area contributed by atoms with Crippen LogP contribution in [0.15, 0.2) is 76.3 Å². The average molecular weight is 545 g/mol. The number of hydrogen-bond donors (Lipinski definition) is 0. The first kappa shape index (κ1) is 23.0. The van der Waals surface area contributed by atoms with Crippen LogP contribution >= 0.6 is 15.9 Å². The molecule has 1 saturated heterocycles. The van der Waals surface area contributed by atoms with E-state index in [2.05, 4.69) is 57.4 Å². The molecule has 36 heavy (non-hydrogen) atoms.